The van der Waals surface area contributed by atoms with Crippen molar-refractivity contribution in [1.82, 2.24) is 19.6 Å². The maximum absolute atomic E-state index is 4.20. The van der Waals surface area contributed by atoms with Crippen molar-refractivity contribution in [1.29, 1.82) is 0 Å². The highest BCUT2D eigenvalue weighted by molar-refractivity contribution is 5.41. The highest BCUT2D eigenvalue weighted by Gasteiger charge is 1.99. The molecule has 0 aliphatic heterocycles. The molecule has 0 bridgehead atoms. The van der Waals surface area contributed by atoms with Crippen LogP contribution in [0.5, 0.6) is 0 Å². The third kappa shape index (κ3) is 1.48. The molecule has 0 radical (unpaired) electrons. The van der Waals surface area contributed by atoms with Crippen molar-refractivity contribution < 1.29 is 0 Å². The van der Waals surface area contributed by atoms with Crippen LogP contribution in [0.25, 0.3) is 5.65 Å². The average Bonchev–Trinajstić information content (AvgIpc) is 2.57. The van der Waals surface area contributed by atoms with Gasteiger partial charge in [-0.05, 0) is 0 Å². The van der Waals surface area contributed by atoms with Gasteiger partial charge in [0.2, 0.25) is 5.95 Å². The van der Waals surface area contributed by atoms with Crippen LogP contribution >= 0.6 is 0 Å². The van der Waals surface area contributed by atoms with Gasteiger partial charge in [-0.1, -0.05) is 6.08 Å². The Balaban J connectivity index is 2.32. The number of fused-ring (bicyclic) bond motifs is 1. The first kappa shape index (κ1) is 7.72. The Morgan fingerprint density at radius 2 is 2.54 bits per heavy atom. The molecule has 0 fully saturated rings. The molecule has 0 aliphatic rings. The second-order valence-electron chi connectivity index (χ2n) is 2.49. The molecular formula is C8H9N5. The Kier molecular flexibility index (Phi) is 1.91. The first-order valence-electron chi connectivity index (χ1n) is 3.91. The lowest BCUT2D eigenvalue weighted by atomic mass is 10.6. The van der Waals surface area contributed by atoms with Crippen LogP contribution in [0, 0.1) is 0 Å². The van der Waals surface area contributed by atoms with Gasteiger partial charge in [0.05, 0.1) is 0 Å². The van der Waals surface area contributed by atoms with Gasteiger partial charge >= 0.3 is 0 Å². The van der Waals surface area contributed by atoms with Gasteiger partial charge in [-0.3, -0.25) is 0 Å². The van der Waals surface area contributed by atoms with E-state index in [1.54, 1.807) is 29.2 Å². The zero-order valence-corrected chi connectivity index (χ0v) is 7.01. The molecule has 0 unspecified atom stereocenters. The van der Waals surface area contributed by atoms with E-state index in [1.165, 1.54) is 0 Å². The number of anilines is 1. The van der Waals surface area contributed by atoms with Gasteiger partial charge in [-0.15, -0.1) is 11.7 Å². The quantitative estimate of drug-likeness (QED) is 0.698. The van der Waals surface area contributed by atoms with Gasteiger partial charge in [0.25, 0.3) is 0 Å². The monoisotopic (exact) mass is 175 g/mol. The fraction of sp³-hybridized carbons (Fsp3) is 0.125. The number of rotatable bonds is 3. The van der Waals surface area contributed by atoms with Crippen LogP contribution in [0.4, 0.5) is 5.95 Å². The first-order valence-corrected chi connectivity index (χ1v) is 3.91. The van der Waals surface area contributed by atoms with Gasteiger partial charge in [0, 0.05) is 18.8 Å². The highest BCUT2D eigenvalue weighted by atomic mass is 15.4. The second-order valence-corrected chi connectivity index (χ2v) is 2.49. The van der Waals surface area contributed by atoms with Crippen LogP contribution in [0.15, 0.2) is 31.2 Å². The summed E-state index contributed by atoms with van der Waals surface area (Å²) in [6.07, 6.45) is 5.05. The third-order valence-electron chi connectivity index (χ3n) is 1.55. The predicted octanol–water partition coefficient (Wildman–Crippen LogP) is 0.722. The fourth-order valence-electron chi connectivity index (χ4n) is 0.984. The summed E-state index contributed by atoms with van der Waals surface area (Å²) < 4.78 is 1.62. The van der Waals surface area contributed by atoms with Gasteiger partial charge < -0.3 is 5.32 Å². The normalized spacial score (nSPS) is 10.2. The van der Waals surface area contributed by atoms with Crippen molar-refractivity contribution in [3.8, 4) is 0 Å². The molecule has 5 nitrogen and oxygen atoms in total. The predicted molar refractivity (Wildman–Crippen MR) is 49.5 cm³/mol. The summed E-state index contributed by atoms with van der Waals surface area (Å²) in [6, 6.07) is 1.80. The summed E-state index contributed by atoms with van der Waals surface area (Å²) in [5.74, 6) is 0.591. The lowest BCUT2D eigenvalue weighted by molar-refractivity contribution is 0.921. The zero-order valence-electron chi connectivity index (χ0n) is 7.01. The molecule has 0 saturated heterocycles. The van der Waals surface area contributed by atoms with Crippen molar-refractivity contribution in [2.45, 2.75) is 0 Å². The van der Waals surface area contributed by atoms with Crippen molar-refractivity contribution >= 4 is 11.6 Å². The summed E-state index contributed by atoms with van der Waals surface area (Å²) in [7, 11) is 0. The van der Waals surface area contributed by atoms with E-state index in [4.69, 9.17) is 0 Å². The molecule has 1 N–H and O–H groups in total. The Hall–Kier alpha value is -1.91. The smallest absolute Gasteiger partial charge is 0.243 e. The maximum atomic E-state index is 4.20. The fourth-order valence-corrected chi connectivity index (χ4v) is 0.984. The Morgan fingerprint density at radius 1 is 1.62 bits per heavy atom. The van der Waals surface area contributed by atoms with Crippen LogP contribution in [0.3, 0.4) is 0 Å². The van der Waals surface area contributed by atoms with Crippen LogP contribution in [0.1, 0.15) is 0 Å². The molecule has 0 aliphatic carbocycles. The minimum atomic E-state index is 0.591. The summed E-state index contributed by atoms with van der Waals surface area (Å²) in [4.78, 5) is 8.12. The molecule has 2 heterocycles. The van der Waals surface area contributed by atoms with Crippen molar-refractivity contribution in [2.75, 3.05) is 11.9 Å². The minimum absolute atomic E-state index is 0.591. The minimum Gasteiger partial charge on any atom is -0.349 e. The van der Waals surface area contributed by atoms with Crippen LogP contribution < -0.4 is 5.32 Å². The Labute approximate surface area is 75.1 Å². The molecule has 66 valence electrons. The summed E-state index contributed by atoms with van der Waals surface area (Å²) >= 11 is 0. The van der Waals surface area contributed by atoms with Gasteiger partial charge in [0.1, 0.15) is 6.33 Å². The summed E-state index contributed by atoms with van der Waals surface area (Å²) in [5.41, 5.74) is 0.779. The van der Waals surface area contributed by atoms with E-state index >= 15 is 0 Å². The van der Waals surface area contributed by atoms with Crippen molar-refractivity contribution in [3.05, 3.63) is 31.2 Å². The number of hydrogen-bond acceptors (Lipinski definition) is 4. The maximum Gasteiger partial charge on any atom is 0.243 e. The lowest BCUT2D eigenvalue weighted by Gasteiger charge is -1.91. The SMILES string of the molecule is C=CCNc1nc2ccncn2n1. The molecule has 0 aromatic carbocycles. The largest absolute Gasteiger partial charge is 0.349 e. The molecule has 0 amide bonds. The van der Waals surface area contributed by atoms with Gasteiger partial charge in [-0.25, -0.2) is 9.50 Å². The molecule has 0 atom stereocenters. The summed E-state index contributed by atoms with van der Waals surface area (Å²) in [6.45, 7) is 4.25. The molecule has 0 spiro atoms. The van der Waals surface area contributed by atoms with E-state index in [-0.39, 0.29) is 0 Å². The third-order valence-corrected chi connectivity index (χ3v) is 1.55. The Morgan fingerprint density at radius 3 is 3.31 bits per heavy atom. The van der Waals surface area contributed by atoms with E-state index in [0.717, 1.165) is 5.65 Å². The zero-order chi connectivity index (χ0) is 9.10. The van der Waals surface area contributed by atoms with E-state index in [1.807, 2.05) is 0 Å². The standard InChI is InChI=1S/C8H9N5/c1-2-4-10-8-11-7-3-5-9-6-13(7)12-8/h2-3,5-6H,1,4H2,(H,10,12). The molecule has 5 heteroatoms. The molecule has 0 saturated carbocycles. The number of hydrogen-bond donors (Lipinski definition) is 1. The molecule has 2 aromatic heterocycles. The Bertz CT molecular complexity index is 386. The van der Waals surface area contributed by atoms with E-state index < -0.39 is 0 Å². The van der Waals surface area contributed by atoms with Crippen molar-refractivity contribution in [3.63, 3.8) is 0 Å². The molecule has 2 aromatic rings. The van der Waals surface area contributed by atoms with Crippen LogP contribution in [-0.2, 0) is 0 Å². The lowest BCUT2D eigenvalue weighted by Crippen LogP contribution is -1.99. The van der Waals surface area contributed by atoms with Crippen molar-refractivity contribution in [2.24, 2.45) is 0 Å². The molecule has 2 rings (SSSR count). The van der Waals surface area contributed by atoms with Gasteiger partial charge in [-0.2, -0.15) is 4.98 Å². The first-order chi connectivity index (χ1) is 6.40. The number of nitrogens with one attached hydrogen (secondary N) is 1. The van der Waals surface area contributed by atoms with E-state index in [2.05, 4.69) is 27.0 Å². The molecule has 13 heavy (non-hydrogen) atoms. The van der Waals surface area contributed by atoms with E-state index in [0.29, 0.717) is 12.5 Å². The van der Waals surface area contributed by atoms with Crippen LogP contribution in [-0.4, -0.2) is 26.1 Å². The number of aromatic nitrogens is 4. The number of nitrogens with zero attached hydrogens (tertiary/aromatic N) is 4. The van der Waals surface area contributed by atoms with Crippen LogP contribution in [0.2, 0.25) is 0 Å². The average molecular weight is 175 g/mol. The highest BCUT2D eigenvalue weighted by Crippen LogP contribution is 2.02. The summed E-state index contributed by atoms with van der Waals surface area (Å²) in [5, 5.41) is 7.13. The second kappa shape index (κ2) is 3.22. The van der Waals surface area contributed by atoms with E-state index in [9.17, 15) is 0 Å². The molecular weight excluding hydrogens is 166 g/mol. The van der Waals surface area contributed by atoms with Gasteiger partial charge in [0.15, 0.2) is 5.65 Å². The topological polar surface area (TPSA) is 55.1 Å².